The summed E-state index contributed by atoms with van der Waals surface area (Å²) < 4.78 is 66.4. The van der Waals surface area contributed by atoms with E-state index in [0.717, 1.165) is 24.2 Å². The van der Waals surface area contributed by atoms with Gasteiger partial charge in [0.2, 0.25) is 11.8 Å². The molecule has 9 rings (SSSR count). The zero-order valence-corrected chi connectivity index (χ0v) is 40.9. The van der Waals surface area contributed by atoms with Crippen molar-refractivity contribution in [1.82, 2.24) is 0 Å². The number of pyridine rings is 2. The van der Waals surface area contributed by atoms with Crippen LogP contribution < -0.4 is 30.4 Å². The minimum atomic E-state index is -4.27. The Morgan fingerprint density at radius 2 is 0.714 bits per heavy atom. The van der Waals surface area contributed by atoms with Crippen molar-refractivity contribution in [3.05, 3.63) is 168 Å². The first kappa shape index (κ1) is 52.3. The van der Waals surface area contributed by atoms with Gasteiger partial charge < -0.3 is 30.4 Å². The maximum Gasteiger partial charge on any atom is 0.255 e. The van der Waals surface area contributed by atoms with Crippen LogP contribution in [0, 0.1) is 24.7 Å². The van der Waals surface area contributed by atoms with Gasteiger partial charge in [0, 0.05) is 57.6 Å². The number of carbonyl (C=O) groups excluding carboxylic acids is 4. The SMILES string of the molecule is CC[n+]1ccc(NC(=O)c2ccc(NC(=O)C34CCC(C(=O)Nc5ccc(C(=O)Nc6cc[n+](CC)cc6)cc5)(CC3)CC4)cc2)cc1.Cc1ccc(S(=O)(=O)[O-])cc1.Cc1ccc(S(=O)(=O)[O-])cc1. The Balaban J connectivity index is 0.000000298. The van der Waals surface area contributed by atoms with Crippen LogP contribution in [0.25, 0.3) is 0 Å². The minimum absolute atomic E-state index is 0.0316. The predicted molar refractivity (Wildman–Crippen MR) is 262 cm³/mol. The highest BCUT2D eigenvalue weighted by Crippen LogP contribution is 2.57. The van der Waals surface area contributed by atoms with Crippen molar-refractivity contribution >= 4 is 66.6 Å². The van der Waals surface area contributed by atoms with Gasteiger partial charge in [0.25, 0.3) is 11.8 Å². The second-order valence-electron chi connectivity index (χ2n) is 17.4. The van der Waals surface area contributed by atoms with E-state index >= 15 is 0 Å². The number of nitrogens with zero attached hydrogens (tertiary/aromatic N) is 2. The molecule has 0 radical (unpaired) electrons. The first-order valence-corrected chi connectivity index (χ1v) is 25.5. The van der Waals surface area contributed by atoms with E-state index < -0.39 is 31.1 Å². The largest absolute Gasteiger partial charge is 0.744 e. The van der Waals surface area contributed by atoms with Gasteiger partial charge in [-0.2, -0.15) is 0 Å². The van der Waals surface area contributed by atoms with Crippen LogP contribution in [0.4, 0.5) is 22.7 Å². The minimum Gasteiger partial charge on any atom is -0.744 e. The molecule has 3 aliphatic carbocycles. The first-order valence-electron chi connectivity index (χ1n) is 22.7. The Hall–Kier alpha value is -7.12. The zero-order chi connectivity index (χ0) is 50.7. The van der Waals surface area contributed by atoms with Crippen LogP contribution in [0.15, 0.2) is 156 Å². The molecule has 4 amide bonds. The molecule has 2 aromatic heterocycles. The number of nitrogens with one attached hydrogen (secondary N) is 4. The van der Waals surface area contributed by atoms with Gasteiger partial charge in [0.1, 0.15) is 33.3 Å². The summed E-state index contributed by atoms with van der Waals surface area (Å²) in [4.78, 5) is 52.1. The van der Waals surface area contributed by atoms with Crippen molar-refractivity contribution in [3.63, 3.8) is 0 Å². The summed E-state index contributed by atoms with van der Waals surface area (Å²) in [5.41, 5.74) is 4.55. The van der Waals surface area contributed by atoms with E-state index in [1.165, 1.54) is 24.3 Å². The zero-order valence-electron chi connectivity index (χ0n) is 39.3. The molecule has 4 aromatic carbocycles. The molecule has 4 N–H and O–H groups in total. The van der Waals surface area contributed by atoms with Crippen LogP contribution in [0.1, 0.15) is 84.2 Å². The maximum atomic E-state index is 13.5. The Morgan fingerprint density at radius 1 is 0.443 bits per heavy atom. The predicted octanol–water partition coefficient (Wildman–Crippen LogP) is 7.52. The lowest BCUT2D eigenvalue weighted by molar-refractivity contribution is -0.693. The number of aryl methyl sites for hydroxylation is 4. The normalized spacial score (nSPS) is 17.1. The Morgan fingerprint density at radius 3 is 0.971 bits per heavy atom. The van der Waals surface area contributed by atoms with Gasteiger partial charge >= 0.3 is 0 Å². The van der Waals surface area contributed by atoms with Gasteiger partial charge in [0.05, 0.1) is 21.2 Å². The van der Waals surface area contributed by atoms with Crippen molar-refractivity contribution in [2.45, 2.75) is 89.1 Å². The first-order chi connectivity index (χ1) is 33.2. The molecule has 3 saturated carbocycles. The third-order valence-corrected chi connectivity index (χ3v) is 14.4. The molecular formula is C52H56N6O10S2. The molecule has 70 heavy (non-hydrogen) atoms. The standard InChI is InChI=1S/C38H40N6O4.2C7H8O3S/c1-3-43-23-13-31(14-24-43)39-33(45)27-5-9-29(10-6-27)41-35(47)37-17-20-38(21-18-37,22-19-37)36(48)42-30-11-7-28(8-12-30)34(46)40-32-15-25-44(4-2)26-16-32;2*1-6-2-4-7(5-3-6)11(8,9)10/h5-16,23-26H,3-4,17-22H2,1-2H3,(H2,41,42,45,46,47,48);2*2-5H,1H3,(H,8,9,10). The number of aromatic nitrogens is 2. The number of hydrogen-bond acceptors (Lipinski definition) is 10. The Bertz CT molecular complexity index is 2790. The van der Waals surface area contributed by atoms with Crippen molar-refractivity contribution < 1.29 is 54.3 Å². The number of fused-ring (bicyclic) bond motifs is 3. The molecule has 0 atom stereocenters. The highest BCUT2D eigenvalue weighted by molar-refractivity contribution is 7.86. The summed E-state index contributed by atoms with van der Waals surface area (Å²) in [6, 6.07) is 32.8. The third kappa shape index (κ3) is 13.8. The molecule has 0 saturated heterocycles. The number of amides is 4. The third-order valence-electron chi connectivity index (χ3n) is 12.7. The molecule has 18 heteroatoms. The number of benzene rings is 4. The molecule has 0 spiro atoms. The number of anilines is 4. The summed E-state index contributed by atoms with van der Waals surface area (Å²) in [7, 11) is -8.54. The van der Waals surface area contributed by atoms with E-state index in [2.05, 4.69) is 21.3 Å². The fourth-order valence-corrected chi connectivity index (χ4v) is 9.06. The van der Waals surface area contributed by atoms with Crippen molar-refractivity contribution in [2.75, 3.05) is 21.3 Å². The molecule has 3 fully saturated rings. The molecule has 0 aliphatic heterocycles. The quantitative estimate of drug-likeness (QED) is 0.0695. The second kappa shape index (κ2) is 22.5. The number of carbonyl (C=O) groups is 4. The average Bonchev–Trinajstić information content (AvgIpc) is 3.35. The topological polar surface area (TPSA) is 239 Å². The summed E-state index contributed by atoms with van der Waals surface area (Å²) in [5.74, 6) is -0.500. The summed E-state index contributed by atoms with van der Waals surface area (Å²) in [5, 5.41) is 11.9. The van der Waals surface area contributed by atoms with E-state index in [-0.39, 0.29) is 33.4 Å². The Labute approximate surface area is 408 Å². The van der Waals surface area contributed by atoms with Gasteiger partial charge in [0.15, 0.2) is 24.8 Å². The lowest BCUT2D eigenvalue weighted by Gasteiger charge is -2.51. The van der Waals surface area contributed by atoms with Crippen molar-refractivity contribution in [2.24, 2.45) is 10.8 Å². The van der Waals surface area contributed by atoms with Crippen LogP contribution in [0.2, 0.25) is 0 Å². The van der Waals surface area contributed by atoms with E-state index in [0.29, 0.717) is 72.4 Å². The Kier molecular flexibility index (Phi) is 16.8. The molecule has 366 valence electrons. The van der Waals surface area contributed by atoms with E-state index in [1.54, 1.807) is 72.8 Å². The van der Waals surface area contributed by atoms with E-state index in [9.17, 15) is 45.1 Å². The van der Waals surface area contributed by atoms with Crippen LogP contribution in [0.5, 0.6) is 0 Å². The number of rotatable bonds is 12. The van der Waals surface area contributed by atoms with E-state index in [4.69, 9.17) is 0 Å². The van der Waals surface area contributed by atoms with Crippen LogP contribution >= 0.6 is 0 Å². The van der Waals surface area contributed by atoms with Gasteiger partial charge in [-0.3, -0.25) is 19.2 Å². The van der Waals surface area contributed by atoms with Crippen molar-refractivity contribution in [3.8, 4) is 0 Å². The molecule has 2 heterocycles. The number of hydrogen-bond donors (Lipinski definition) is 4. The highest BCUT2D eigenvalue weighted by Gasteiger charge is 2.55. The fourth-order valence-electron chi connectivity index (χ4n) is 8.12. The molecular weight excluding hydrogens is 933 g/mol. The molecule has 0 unspecified atom stereocenters. The second-order valence-corrected chi connectivity index (χ2v) is 20.2. The van der Waals surface area contributed by atoms with Crippen molar-refractivity contribution in [1.29, 1.82) is 0 Å². The van der Waals surface area contributed by atoms with Gasteiger partial charge in [-0.25, -0.2) is 26.0 Å². The molecule has 6 aromatic rings. The lowest BCUT2D eigenvalue weighted by Crippen LogP contribution is -2.52. The maximum absolute atomic E-state index is 13.5. The summed E-state index contributed by atoms with van der Waals surface area (Å²) in [6.07, 6.45) is 11.5. The van der Waals surface area contributed by atoms with Crippen LogP contribution in [-0.2, 0) is 42.9 Å². The smallest absolute Gasteiger partial charge is 0.255 e. The molecule has 2 bridgehead atoms. The van der Waals surface area contributed by atoms with Gasteiger partial charge in [-0.05, 0) is 139 Å². The monoisotopic (exact) mass is 988 g/mol. The van der Waals surface area contributed by atoms with Crippen LogP contribution in [0.3, 0.4) is 0 Å². The highest BCUT2D eigenvalue weighted by atomic mass is 32.2. The van der Waals surface area contributed by atoms with Gasteiger partial charge in [-0.1, -0.05) is 35.4 Å². The molecule has 3 aliphatic rings. The van der Waals surface area contributed by atoms with Gasteiger partial charge in [-0.15, -0.1) is 0 Å². The van der Waals surface area contributed by atoms with Crippen LogP contribution in [-0.4, -0.2) is 49.6 Å². The lowest BCUT2D eigenvalue weighted by atomic mass is 9.53. The summed E-state index contributed by atoms with van der Waals surface area (Å²) >= 11 is 0. The van der Waals surface area contributed by atoms with E-state index in [1.807, 2.05) is 85.9 Å². The summed E-state index contributed by atoms with van der Waals surface area (Å²) in [6.45, 7) is 9.45. The molecule has 16 nitrogen and oxygen atoms in total. The average molecular weight is 989 g/mol. The fraction of sp³-hybridized carbons (Fsp3) is 0.269.